The van der Waals surface area contributed by atoms with Gasteiger partial charge in [-0.25, -0.2) is 12.4 Å². The Kier molecular flexibility index (Phi) is 3.36. The highest BCUT2D eigenvalue weighted by Gasteiger charge is 2.24. The van der Waals surface area contributed by atoms with E-state index in [-0.39, 0.29) is 16.2 Å². The topological polar surface area (TPSA) is 76.4 Å². The third-order valence-corrected chi connectivity index (χ3v) is 5.95. The molecule has 0 amide bonds. The van der Waals surface area contributed by atoms with E-state index in [1.165, 1.54) is 22.2 Å². The van der Waals surface area contributed by atoms with Gasteiger partial charge in [0, 0.05) is 5.39 Å². The fourth-order valence-corrected chi connectivity index (χ4v) is 4.62. The fourth-order valence-electron chi connectivity index (χ4n) is 3.08. The van der Waals surface area contributed by atoms with E-state index in [9.17, 15) is 18.3 Å². The largest absolute Gasteiger partial charge is 0.506 e. The van der Waals surface area contributed by atoms with E-state index in [1.54, 1.807) is 48.5 Å². The number of benzene rings is 3. The highest BCUT2D eigenvalue weighted by molar-refractivity contribution is 7.90. The Hall–Kier alpha value is -3.12. The van der Waals surface area contributed by atoms with E-state index >= 15 is 0 Å². The molecule has 6 heteroatoms. The average Bonchev–Trinajstić information content (AvgIpc) is 2.98. The number of hydrogen-bond donors (Lipinski definition) is 1. The van der Waals surface area contributed by atoms with Crippen LogP contribution in [0.5, 0.6) is 5.75 Å². The normalized spacial score (nSPS) is 11.8. The van der Waals surface area contributed by atoms with Gasteiger partial charge in [0.25, 0.3) is 10.0 Å². The molecule has 0 bridgehead atoms. The molecule has 124 valence electrons. The minimum Gasteiger partial charge on any atom is -0.506 e. The summed E-state index contributed by atoms with van der Waals surface area (Å²) in [7, 11) is -3.87. The van der Waals surface area contributed by atoms with Crippen molar-refractivity contribution in [3.63, 3.8) is 0 Å². The quantitative estimate of drug-likeness (QED) is 0.573. The maximum Gasteiger partial charge on any atom is 0.268 e. The summed E-state index contributed by atoms with van der Waals surface area (Å²) in [6.45, 7) is 0. The van der Waals surface area contributed by atoms with Crippen LogP contribution in [0.15, 0.2) is 71.6 Å². The predicted molar refractivity (Wildman–Crippen MR) is 95.5 cm³/mol. The maximum atomic E-state index is 13.2. The number of para-hydroxylation sites is 1. The van der Waals surface area contributed by atoms with Crippen LogP contribution in [-0.4, -0.2) is 23.8 Å². The fraction of sp³-hybridized carbons (Fsp3) is 0. The van der Waals surface area contributed by atoms with Gasteiger partial charge in [0.1, 0.15) is 5.75 Å². The zero-order valence-electron chi connectivity index (χ0n) is 13.0. The Bertz CT molecular complexity index is 1220. The van der Waals surface area contributed by atoms with Crippen molar-refractivity contribution in [3.8, 4) is 5.75 Å². The highest BCUT2D eigenvalue weighted by atomic mass is 32.2. The van der Waals surface area contributed by atoms with Gasteiger partial charge in [0.05, 0.1) is 26.9 Å². The molecule has 0 unspecified atom stereocenters. The van der Waals surface area contributed by atoms with Gasteiger partial charge in [-0.1, -0.05) is 36.4 Å². The standard InChI is InChI=1S/C19H13NO4S/c21-12-13-10-11-17-18(19(13)22)15-8-4-5-9-16(15)20(17)25(23,24)14-6-2-1-3-7-14/h1-12,22H. The molecular formula is C19H13NO4S. The minimum atomic E-state index is -3.87. The van der Waals surface area contributed by atoms with E-state index in [2.05, 4.69) is 0 Å². The molecule has 0 atom stereocenters. The van der Waals surface area contributed by atoms with Crippen LogP contribution < -0.4 is 0 Å². The van der Waals surface area contributed by atoms with Crippen LogP contribution in [0.25, 0.3) is 21.8 Å². The molecule has 0 fully saturated rings. The second kappa shape index (κ2) is 5.46. The van der Waals surface area contributed by atoms with Crippen LogP contribution in [0.3, 0.4) is 0 Å². The van der Waals surface area contributed by atoms with Crippen LogP contribution in [0.4, 0.5) is 0 Å². The molecule has 4 rings (SSSR count). The van der Waals surface area contributed by atoms with Gasteiger partial charge >= 0.3 is 0 Å². The molecule has 0 aliphatic heterocycles. The molecule has 0 aliphatic carbocycles. The Morgan fingerprint density at radius 2 is 1.52 bits per heavy atom. The predicted octanol–water partition coefficient (Wildman–Crippen LogP) is 3.55. The first-order valence-electron chi connectivity index (χ1n) is 7.56. The van der Waals surface area contributed by atoms with Crippen molar-refractivity contribution in [3.05, 3.63) is 72.3 Å². The van der Waals surface area contributed by atoms with Crippen molar-refractivity contribution in [1.29, 1.82) is 0 Å². The lowest BCUT2D eigenvalue weighted by Crippen LogP contribution is -2.12. The molecule has 0 aliphatic rings. The Morgan fingerprint density at radius 3 is 2.24 bits per heavy atom. The van der Waals surface area contributed by atoms with Crippen molar-refractivity contribution < 1.29 is 18.3 Å². The summed E-state index contributed by atoms with van der Waals surface area (Å²) in [5, 5.41) is 11.4. The van der Waals surface area contributed by atoms with Crippen LogP contribution in [-0.2, 0) is 10.0 Å². The van der Waals surface area contributed by atoms with E-state index < -0.39 is 10.0 Å². The zero-order valence-corrected chi connectivity index (χ0v) is 13.8. The number of aromatic hydroxyl groups is 1. The maximum absolute atomic E-state index is 13.2. The number of hydrogen-bond acceptors (Lipinski definition) is 4. The summed E-state index contributed by atoms with van der Waals surface area (Å²) in [5.41, 5.74) is 0.889. The molecule has 5 nitrogen and oxygen atoms in total. The van der Waals surface area contributed by atoms with Gasteiger partial charge in [-0.2, -0.15) is 0 Å². The van der Waals surface area contributed by atoms with Crippen molar-refractivity contribution >= 4 is 38.1 Å². The molecule has 0 spiro atoms. The molecule has 3 aromatic carbocycles. The van der Waals surface area contributed by atoms with Gasteiger partial charge in [-0.3, -0.25) is 4.79 Å². The van der Waals surface area contributed by atoms with E-state index in [1.807, 2.05) is 0 Å². The lowest BCUT2D eigenvalue weighted by Gasteiger charge is -2.09. The van der Waals surface area contributed by atoms with Crippen molar-refractivity contribution in [2.45, 2.75) is 4.90 Å². The lowest BCUT2D eigenvalue weighted by atomic mass is 10.1. The third-order valence-electron chi connectivity index (χ3n) is 4.21. The van der Waals surface area contributed by atoms with E-state index in [0.717, 1.165) is 0 Å². The van der Waals surface area contributed by atoms with Gasteiger partial charge in [-0.05, 0) is 30.3 Å². The zero-order chi connectivity index (χ0) is 17.6. The molecule has 0 saturated heterocycles. The third kappa shape index (κ3) is 2.15. The smallest absolute Gasteiger partial charge is 0.268 e. The monoisotopic (exact) mass is 351 g/mol. The number of phenols is 1. The molecule has 1 aromatic heterocycles. The van der Waals surface area contributed by atoms with Gasteiger partial charge in [-0.15, -0.1) is 0 Å². The second-order valence-electron chi connectivity index (χ2n) is 5.62. The Morgan fingerprint density at radius 1 is 0.840 bits per heavy atom. The van der Waals surface area contributed by atoms with Gasteiger partial charge < -0.3 is 5.11 Å². The first-order chi connectivity index (χ1) is 12.1. The van der Waals surface area contributed by atoms with Crippen molar-refractivity contribution in [2.24, 2.45) is 0 Å². The number of carbonyl (C=O) groups is 1. The van der Waals surface area contributed by atoms with Crippen LogP contribution in [0.1, 0.15) is 10.4 Å². The summed E-state index contributed by atoms with van der Waals surface area (Å²) in [4.78, 5) is 11.3. The van der Waals surface area contributed by atoms with E-state index in [4.69, 9.17) is 0 Å². The summed E-state index contributed by atoms with van der Waals surface area (Å²) in [6.07, 6.45) is 0.548. The average molecular weight is 351 g/mol. The van der Waals surface area contributed by atoms with Crippen LogP contribution in [0, 0.1) is 0 Å². The van der Waals surface area contributed by atoms with Gasteiger partial charge in [0.15, 0.2) is 6.29 Å². The molecule has 0 saturated carbocycles. The lowest BCUT2D eigenvalue weighted by molar-refractivity contribution is 0.112. The Balaban J connectivity index is 2.21. The summed E-state index contributed by atoms with van der Waals surface area (Å²) >= 11 is 0. The van der Waals surface area contributed by atoms with Crippen molar-refractivity contribution in [2.75, 3.05) is 0 Å². The first kappa shape index (κ1) is 15.4. The van der Waals surface area contributed by atoms with Crippen molar-refractivity contribution in [1.82, 2.24) is 3.97 Å². The summed E-state index contributed by atoms with van der Waals surface area (Å²) < 4.78 is 27.6. The number of rotatable bonds is 3. The molecule has 4 aromatic rings. The Labute approximate surface area is 143 Å². The van der Waals surface area contributed by atoms with Crippen LogP contribution in [0.2, 0.25) is 0 Å². The van der Waals surface area contributed by atoms with E-state index in [0.29, 0.717) is 28.1 Å². The number of phenolic OH excluding ortho intramolecular Hbond substituents is 1. The summed E-state index contributed by atoms with van der Waals surface area (Å²) in [6, 6.07) is 18.0. The number of aldehydes is 1. The molecule has 25 heavy (non-hydrogen) atoms. The number of fused-ring (bicyclic) bond motifs is 3. The number of aromatic nitrogens is 1. The SMILES string of the molecule is O=Cc1ccc2c(c1O)c1ccccc1n2S(=O)(=O)c1ccccc1. The molecule has 1 N–H and O–H groups in total. The van der Waals surface area contributed by atoms with Crippen LogP contribution >= 0.6 is 0 Å². The molecule has 1 heterocycles. The summed E-state index contributed by atoms with van der Waals surface area (Å²) in [5.74, 6) is -0.217. The first-order valence-corrected chi connectivity index (χ1v) is 9.00. The highest BCUT2D eigenvalue weighted by Crippen LogP contribution is 2.38. The molecule has 0 radical (unpaired) electrons. The van der Waals surface area contributed by atoms with Gasteiger partial charge in [0.2, 0.25) is 0 Å². The molecular weight excluding hydrogens is 338 g/mol. The minimum absolute atomic E-state index is 0.118. The number of nitrogens with zero attached hydrogens (tertiary/aromatic N) is 1. The second-order valence-corrected chi connectivity index (χ2v) is 7.40. The number of carbonyl (C=O) groups excluding carboxylic acids is 1.